The fourth-order valence-corrected chi connectivity index (χ4v) is 1.89. The fraction of sp³-hybridized carbons (Fsp3) is 0.176. The molecule has 0 saturated heterocycles. The van der Waals surface area contributed by atoms with Crippen LogP contribution in [0.4, 0.5) is 0 Å². The molecule has 0 atom stereocenters. The molecule has 0 aliphatic carbocycles. The minimum Gasteiger partial charge on any atom is -0.348 e. The number of rotatable bonds is 3. The molecule has 4 nitrogen and oxygen atoms in total. The van der Waals surface area contributed by atoms with Gasteiger partial charge < -0.3 is 11.1 Å². The van der Waals surface area contributed by atoms with E-state index in [9.17, 15) is 4.79 Å². The summed E-state index contributed by atoms with van der Waals surface area (Å²) in [6.45, 7) is 2.79. The van der Waals surface area contributed by atoms with E-state index < -0.39 is 0 Å². The van der Waals surface area contributed by atoms with Crippen molar-refractivity contribution >= 4 is 5.91 Å². The van der Waals surface area contributed by atoms with Crippen molar-refractivity contribution in [3.05, 3.63) is 65.0 Å². The highest BCUT2D eigenvalue weighted by molar-refractivity contribution is 5.94. The third-order valence-corrected chi connectivity index (χ3v) is 2.87. The molecule has 2 rings (SSSR count). The molecule has 1 aromatic heterocycles. The number of nitrogens with two attached hydrogens (primary N) is 1. The third kappa shape index (κ3) is 4.44. The van der Waals surface area contributed by atoms with Crippen LogP contribution in [-0.4, -0.2) is 17.4 Å². The summed E-state index contributed by atoms with van der Waals surface area (Å²) >= 11 is 0. The largest absolute Gasteiger partial charge is 0.348 e. The van der Waals surface area contributed by atoms with Gasteiger partial charge in [0, 0.05) is 24.5 Å². The topological polar surface area (TPSA) is 68.0 Å². The lowest BCUT2D eigenvalue weighted by Crippen LogP contribution is -2.23. The van der Waals surface area contributed by atoms with Gasteiger partial charge in [-0.3, -0.25) is 9.78 Å². The second-order valence-electron chi connectivity index (χ2n) is 4.64. The lowest BCUT2D eigenvalue weighted by Gasteiger charge is -2.06. The summed E-state index contributed by atoms with van der Waals surface area (Å²) in [6.07, 6.45) is 3.14. The number of nitrogens with one attached hydrogen (secondary N) is 1. The number of hydrogen-bond donors (Lipinski definition) is 2. The third-order valence-electron chi connectivity index (χ3n) is 2.87. The maximum Gasteiger partial charge on any atom is 0.253 e. The number of carbonyl (C=O) groups excluding carboxylic acids is 1. The molecular weight excluding hydrogens is 262 g/mol. The van der Waals surface area contributed by atoms with Crippen LogP contribution in [0.25, 0.3) is 0 Å². The quantitative estimate of drug-likeness (QED) is 0.839. The Labute approximate surface area is 124 Å². The monoisotopic (exact) mass is 279 g/mol. The van der Waals surface area contributed by atoms with Crippen molar-refractivity contribution in [1.29, 1.82) is 0 Å². The fourth-order valence-electron chi connectivity index (χ4n) is 1.89. The van der Waals surface area contributed by atoms with Crippen molar-refractivity contribution in [2.45, 2.75) is 13.5 Å². The van der Waals surface area contributed by atoms with E-state index in [0.717, 1.165) is 5.56 Å². The molecule has 0 fully saturated rings. The van der Waals surface area contributed by atoms with E-state index in [1.807, 2.05) is 31.2 Å². The molecule has 0 unspecified atom stereocenters. The predicted molar refractivity (Wildman–Crippen MR) is 82.5 cm³/mol. The standard InChI is InChI=1S/C17H17N3O/c1-13-4-2-5-14(8-13)11-20-17(21)16-9-15(6-3-7-18)10-19-12-16/h2,4-5,8-10,12H,7,11,18H2,1H3,(H,20,21). The number of amides is 1. The summed E-state index contributed by atoms with van der Waals surface area (Å²) in [6, 6.07) is 9.73. The molecule has 0 spiro atoms. The first-order chi connectivity index (χ1) is 10.2. The number of aromatic nitrogens is 1. The van der Waals surface area contributed by atoms with Gasteiger partial charge in [-0.25, -0.2) is 0 Å². The van der Waals surface area contributed by atoms with Crippen LogP contribution < -0.4 is 11.1 Å². The zero-order chi connectivity index (χ0) is 15.1. The number of hydrogen-bond acceptors (Lipinski definition) is 3. The van der Waals surface area contributed by atoms with Crippen LogP contribution in [0.1, 0.15) is 27.0 Å². The first-order valence-electron chi connectivity index (χ1n) is 6.67. The van der Waals surface area contributed by atoms with E-state index in [1.165, 1.54) is 11.8 Å². The van der Waals surface area contributed by atoms with Crippen molar-refractivity contribution in [1.82, 2.24) is 10.3 Å². The van der Waals surface area contributed by atoms with Crippen molar-refractivity contribution in [3.8, 4) is 11.8 Å². The van der Waals surface area contributed by atoms with E-state index >= 15 is 0 Å². The van der Waals surface area contributed by atoms with Crippen LogP contribution in [0.3, 0.4) is 0 Å². The molecular formula is C17H17N3O. The zero-order valence-corrected chi connectivity index (χ0v) is 11.9. The van der Waals surface area contributed by atoms with Gasteiger partial charge in [0.05, 0.1) is 12.1 Å². The van der Waals surface area contributed by atoms with Gasteiger partial charge >= 0.3 is 0 Å². The average molecular weight is 279 g/mol. The molecule has 3 N–H and O–H groups in total. The lowest BCUT2D eigenvalue weighted by atomic mass is 10.1. The molecule has 4 heteroatoms. The molecule has 0 aliphatic heterocycles. The number of carbonyl (C=O) groups is 1. The summed E-state index contributed by atoms with van der Waals surface area (Å²) in [5, 5.41) is 2.87. The molecule has 106 valence electrons. The second-order valence-corrected chi connectivity index (χ2v) is 4.64. The van der Waals surface area contributed by atoms with Gasteiger partial charge in [0.1, 0.15) is 0 Å². The molecule has 1 amide bonds. The highest BCUT2D eigenvalue weighted by atomic mass is 16.1. The maximum absolute atomic E-state index is 12.1. The molecule has 0 radical (unpaired) electrons. The van der Waals surface area contributed by atoms with Crippen LogP contribution >= 0.6 is 0 Å². The van der Waals surface area contributed by atoms with Gasteiger partial charge in [0.25, 0.3) is 5.91 Å². The Kier molecular flexibility index (Phi) is 5.08. The van der Waals surface area contributed by atoms with Gasteiger partial charge in [-0.05, 0) is 18.6 Å². The first kappa shape index (κ1) is 14.8. The highest BCUT2D eigenvalue weighted by Crippen LogP contribution is 2.05. The van der Waals surface area contributed by atoms with Crippen LogP contribution in [-0.2, 0) is 6.54 Å². The summed E-state index contributed by atoms with van der Waals surface area (Å²) in [5.74, 6) is 5.44. The predicted octanol–water partition coefficient (Wildman–Crippen LogP) is 1.63. The minimum atomic E-state index is -0.166. The van der Waals surface area contributed by atoms with Crippen molar-refractivity contribution in [2.75, 3.05) is 6.54 Å². The van der Waals surface area contributed by atoms with Gasteiger partial charge in [-0.2, -0.15) is 0 Å². The lowest BCUT2D eigenvalue weighted by molar-refractivity contribution is 0.0950. The number of benzene rings is 1. The molecule has 21 heavy (non-hydrogen) atoms. The summed E-state index contributed by atoms with van der Waals surface area (Å²) in [5.41, 5.74) is 8.74. The molecule has 1 aromatic carbocycles. The van der Waals surface area contributed by atoms with Gasteiger partial charge in [0.15, 0.2) is 0 Å². The average Bonchev–Trinajstić information content (AvgIpc) is 2.51. The SMILES string of the molecule is Cc1cccc(CNC(=O)c2cncc(C#CCN)c2)c1. The Bertz CT molecular complexity index is 698. The Morgan fingerprint density at radius 1 is 1.33 bits per heavy atom. The molecule has 1 heterocycles. The van der Waals surface area contributed by atoms with E-state index in [4.69, 9.17) is 5.73 Å². The van der Waals surface area contributed by atoms with Gasteiger partial charge in [-0.1, -0.05) is 41.7 Å². The van der Waals surface area contributed by atoms with E-state index in [0.29, 0.717) is 17.7 Å². The molecule has 0 bridgehead atoms. The first-order valence-corrected chi connectivity index (χ1v) is 6.67. The zero-order valence-electron chi connectivity index (χ0n) is 11.9. The van der Waals surface area contributed by atoms with Crippen molar-refractivity contribution in [3.63, 3.8) is 0 Å². The van der Waals surface area contributed by atoms with Gasteiger partial charge in [-0.15, -0.1) is 0 Å². The molecule has 0 saturated carbocycles. The Morgan fingerprint density at radius 3 is 2.95 bits per heavy atom. The molecule has 2 aromatic rings. The summed E-state index contributed by atoms with van der Waals surface area (Å²) in [7, 11) is 0. The number of nitrogens with zero attached hydrogens (tertiary/aromatic N) is 1. The Morgan fingerprint density at radius 2 is 2.19 bits per heavy atom. The maximum atomic E-state index is 12.1. The van der Waals surface area contributed by atoms with Crippen LogP contribution in [0.2, 0.25) is 0 Å². The van der Waals surface area contributed by atoms with E-state index in [-0.39, 0.29) is 12.5 Å². The van der Waals surface area contributed by atoms with E-state index in [2.05, 4.69) is 22.1 Å². The highest BCUT2D eigenvalue weighted by Gasteiger charge is 2.06. The van der Waals surface area contributed by atoms with Crippen LogP contribution in [0.15, 0.2) is 42.7 Å². The van der Waals surface area contributed by atoms with E-state index in [1.54, 1.807) is 12.3 Å². The summed E-state index contributed by atoms with van der Waals surface area (Å²) < 4.78 is 0. The second kappa shape index (κ2) is 7.22. The number of pyridine rings is 1. The minimum absolute atomic E-state index is 0.166. The van der Waals surface area contributed by atoms with Crippen molar-refractivity contribution < 1.29 is 4.79 Å². The number of aryl methyl sites for hydroxylation is 1. The normalized spacial score (nSPS) is 9.62. The van der Waals surface area contributed by atoms with Gasteiger partial charge in [0.2, 0.25) is 0 Å². The van der Waals surface area contributed by atoms with Crippen LogP contribution in [0.5, 0.6) is 0 Å². The van der Waals surface area contributed by atoms with Crippen molar-refractivity contribution in [2.24, 2.45) is 5.73 Å². The van der Waals surface area contributed by atoms with Crippen LogP contribution in [0, 0.1) is 18.8 Å². The smallest absolute Gasteiger partial charge is 0.253 e. The molecule has 0 aliphatic rings. The summed E-state index contributed by atoms with van der Waals surface area (Å²) in [4.78, 5) is 16.1. The Hall–Kier alpha value is -2.64. The Balaban J connectivity index is 2.03.